The molecule has 2 aromatic rings. The number of hydrogen-bond acceptors (Lipinski definition) is 10. The van der Waals surface area contributed by atoms with Crippen LogP contribution in [-0.4, -0.2) is 126 Å². The van der Waals surface area contributed by atoms with Gasteiger partial charge in [-0.15, -0.1) is 0 Å². The van der Waals surface area contributed by atoms with E-state index in [0.717, 1.165) is 11.7 Å². The Bertz CT molecular complexity index is 1710. The second-order valence-corrected chi connectivity index (χ2v) is 24.4. The molecule has 17 heteroatoms. The van der Waals surface area contributed by atoms with Crippen LogP contribution in [0.1, 0.15) is 213 Å². The number of rotatable bonds is 12. The molecule has 3 heterocycles. The van der Waals surface area contributed by atoms with Gasteiger partial charge in [-0.25, -0.2) is 4.31 Å². The number of likely N-dealkylation sites (tertiary alicyclic amines) is 1. The molecule has 1 aliphatic heterocycles. The number of hydrogen-bond donors (Lipinski definition) is 4. The molecule has 16 nitrogen and oxygen atoms in total. The number of aromatic nitrogens is 4. The fraction of sp³-hybridized carbons (Fsp3) is 0.815. The molecule has 2 saturated carbocycles. The van der Waals surface area contributed by atoms with Crippen LogP contribution >= 0.6 is 0 Å². The second-order valence-electron chi connectivity index (χ2n) is 21.4. The number of aryl methyl sites for hydroxylation is 1. The molecule has 1 unspecified atom stereocenters. The monoisotopic (exact) mass is 1020 g/mol. The highest BCUT2D eigenvalue weighted by atomic mass is 32.2. The van der Waals surface area contributed by atoms with Gasteiger partial charge in [-0.1, -0.05) is 93.7 Å². The highest BCUT2D eigenvalue weighted by Crippen LogP contribution is 2.19. The Morgan fingerprint density at radius 1 is 0.718 bits per heavy atom. The third-order valence-electron chi connectivity index (χ3n) is 10.7. The van der Waals surface area contributed by atoms with Crippen LogP contribution in [0.3, 0.4) is 0 Å². The quantitative estimate of drug-likeness (QED) is 0.149. The molecule has 1 atom stereocenters. The first-order chi connectivity index (χ1) is 32.8. The summed E-state index contributed by atoms with van der Waals surface area (Å²) in [4.78, 5) is 49.1. The van der Waals surface area contributed by atoms with E-state index in [-0.39, 0.29) is 52.8 Å². The zero-order valence-corrected chi connectivity index (χ0v) is 49.8. The lowest BCUT2D eigenvalue weighted by Crippen LogP contribution is -2.41. The molecule has 5 rings (SSSR count). The van der Waals surface area contributed by atoms with Crippen molar-refractivity contribution < 1.29 is 27.9 Å². The third-order valence-corrected chi connectivity index (χ3v) is 13.4. The minimum atomic E-state index is -1.98. The maximum absolute atomic E-state index is 11.4. The smallest absolute Gasteiger partial charge is 0.223 e. The maximum Gasteiger partial charge on any atom is 0.223 e. The maximum atomic E-state index is 11.4. The lowest BCUT2D eigenvalue weighted by atomic mass is 9.93. The van der Waals surface area contributed by atoms with E-state index in [1.54, 1.807) is 31.5 Å². The summed E-state index contributed by atoms with van der Waals surface area (Å²) >= 11 is 0. The van der Waals surface area contributed by atoms with Gasteiger partial charge in [-0.05, 0) is 132 Å². The predicted molar refractivity (Wildman–Crippen MR) is 299 cm³/mol. The molecule has 4 amide bonds. The van der Waals surface area contributed by atoms with Gasteiger partial charge in [-0.3, -0.25) is 28.1 Å². The topological polar surface area (TPSA) is 197 Å². The summed E-state index contributed by atoms with van der Waals surface area (Å²) in [5, 5.41) is 19.2. The summed E-state index contributed by atoms with van der Waals surface area (Å²) in [5.74, 6) is 7.01. The molecular formula is C54H108N10O6S. The average Bonchev–Trinajstić information content (AvgIpc) is 4.05. The Kier molecular flexibility index (Phi) is 40.9. The van der Waals surface area contributed by atoms with Crippen LogP contribution < -0.4 is 21.3 Å². The molecule has 0 radical (unpaired) electrons. The van der Waals surface area contributed by atoms with Crippen LogP contribution in [0.2, 0.25) is 0 Å². The summed E-state index contributed by atoms with van der Waals surface area (Å²) in [6, 6.07) is 3.94. The number of carbonyl (C=O) groups excluding carboxylic acids is 4. The van der Waals surface area contributed by atoms with Crippen molar-refractivity contribution in [3.63, 3.8) is 0 Å². The van der Waals surface area contributed by atoms with E-state index >= 15 is 0 Å². The second kappa shape index (κ2) is 40.6. The van der Waals surface area contributed by atoms with Gasteiger partial charge in [0.2, 0.25) is 29.5 Å². The Morgan fingerprint density at radius 2 is 1.15 bits per heavy atom. The largest absolute Gasteiger partial charge is 0.354 e. The van der Waals surface area contributed by atoms with E-state index in [4.69, 9.17) is 4.52 Å². The third kappa shape index (κ3) is 41.4. The predicted octanol–water partition coefficient (Wildman–Crippen LogP) is 9.76. The molecule has 2 aromatic heterocycles. The van der Waals surface area contributed by atoms with E-state index < -0.39 is 9.71 Å². The first kappa shape index (κ1) is 71.4. The van der Waals surface area contributed by atoms with Crippen molar-refractivity contribution in [2.45, 2.75) is 237 Å². The number of carbonyl (C=O) groups is 4. The van der Waals surface area contributed by atoms with Crippen molar-refractivity contribution in [2.24, 2.45) is 17.8 Å². The minimum absolute atomic E-state index is 0.0370. The zero-order valence-electron chi connectivity index (χ0n) is 48.9. The first-order valence-corrected chi connectivity index (χ1v) is 28.3. The number of piperidine rings is 1. The Balaban J connectivity index is -0.000000748. The summed E-state index contributed by atoms with van der Waals surface area (Å²) in [7, 11) is 1.59. The number of nitrogens with zero attached hydrogens (tertiary/aromatic N) is 6. The van der Waals surface area contributed by atoms with Gasteiger partial charge < -0.3 is 30.7 Å². The average molecular weight is 1030 g/mol. The van der Waals surface area contributed by atoms with Gasteiger partial charge in [-0.2, -0.15) is 10.1 Å². The fourth-order valence-electron chi connectivity index (χ4n) is 6.39. The van der Waals surface area contributed by atoms with Gasteiger partial charge >= 0.3 is 0 Å². The summed E-state index contributed by atoms with van der Waals surface area (Å²) in [5.41, 5.74) is 0. The SMILES string of the molecule is C=S(=O)(C(C)C)N(C)C.CC(=O)NC(C)C.CC(=O)NC(C)C.CC(C)C(=O)NC1CCC1.CC(C)C(=O)NC1CCCC1.CC(C)CN1CCCCC1.CC(C)n1cccn1.Cc1nc(C(C)C)no1. The summed E-state index contributed by atoms with van der Waals surface area (Å²) < 4.78 is 19.8. The van der Waals surface area contributed by atoms with E-state index in [1.165, 1.54) is 97.7 Å². The van der Waals surface area contributed by atoms with E-state index in [1.807, 2.05) is 100 Å². The van der Waals surface area contributed by atoms with E-state index in [9.17, 15) is 23.4 Å². The van der Waals surface area contributed by atoms with Crippen LogP contribution in [0.4, 0.5) is 0 Å². The highest BCUT2D eigenvalue weighted by Gasteiger charge is 2.20. The van der Waals surface area contributed by atoms with Gasteiger partial charge in [0.1, 0.15) is 0 Å². The molecule has 416 valence electrons. The van der Waals surface area contributed by atoms with Gasteiger partial charge in [0.25, 0.3) is 0 Å². The molecule has 1 saturated heterocycles. The van der Waals surface area contributed by atoms with Gasteiger partial charge in [0.15, 0.2) is 5.82 Å². The van der Waals surface area contributed by atoms with Crippen LogP contribution in [0, 0.1) is 24.7 Å². The molecular weight excluding hydrogens is 917 g/mol. The Hall–Kier alpha value is -3.83. The lowest BCUT2D eigenvalue weighted by molar-refractivity contribution is -0.125. The standard InChI is InChI=1S/C9H17NO.C9H19N.C8H15NO.C6H10N2O.C6H10N2.C6H15NOS.2C5H11NO/c1-7(2)9(11)10-8-5-3-4-6-8;1-9(2)8-10-6-4-3-5-7-10;1-6(2)8(10)9-7-4-3-5-7;1-4(2)6-7-5(3)9-8-6;1-6(2)8-5-3-4-7-8;1-6(2)9(5,8)7(3)4;2*1-4(2)6-5(3)7/h7-8H,3-6H2,1-2H3,(H,10,11);9H,3-8H2,1-2H3;6-7H,3-5H2,1-2H3,(H,9,10);4H,1-3H3;3-6H,1-2H3;6H,5H2,1-4H3;2*4H,1-3H3,(H,6,7). The Morgan fingerprint density at radius 3 is 1.35 bits per heavy atom. The molecule has 0 spiro atoms. The van der Waals surface area contributed by atoms with Crippen molar-refractivity contribution in [1.29, 1.82) is 0 Å². The minimum Gasteiger partial charge on any atom is -0.354 e. The summed E-state index contributed by atoms with van der Waals surface area (Å²) in [6.45, 7) is 41.0. The van der Waals surface area contributed by atoms with Crippen LogP contribution in [0.15, 0.2) is 23.0 Å². The molecule has 0 aromatic carbocycles. The Labute approximate surface area is 434 Å². The van der Waals surface area contributed by atoms with Gasteiger partial charge in [0.05, 0.1) is 0 Å². The number of amides is 4. The van der Waals surface area contributed by atoms with Crippen LogP contribution in [-0.2, 0) is 28.9 Å². The van der Waals surface area contributed by atoms with Crippen molar-refractivity contribution in [3.05, 3.63) is 30.2 Å². The number of nitrogens with one attached hydrogen (secondary N) is 4. The molecule has 3 fully saturated rings. The zero-order chi connectivity index (χ0) is 55.4. The highest BCUT2D eigenvalue weighted by molar-refractivity contribution is 7.98. The summed E-state index contributed by atoms with van der Waals surface area (Å²) in [6.07, 6.45) is 16.6. The molecule has 71 heavy (non-hydrogen) atoms. The fourth-order valence-corrected chi connectivity index (χ4v) is 7.23. The van der Waals surface area contributed by atoms with E-state index in [0.29, 0.717) is 29.9 Å². The molecule has 3 aliphatic rings. The van der Waals surface area contributed by atoms with Crippen molar-refractivity contribution in [1.82, 2.24) is 50.4 Å². The molecule has 0 bridgehead atoms. The first-order valence-electron chi connectivity index (χ1n) is 26.5. The van der Waals surface area contributed by atoms with Crippen molar-refractivity contribution >= 4 is 39.2 Å². The van der Waals surface area contributed by atoms with E-state index in [2.05, 4.69) is 75.0 Å². The normalized spacial score (nSPS) is 15.4. The van der Waals surface area contributed by atoms with Crippen LogP contribution in [0.25, 0.3) is 0 Å². The van der Waals surface area contributed by atoms with Crippen LogP contribution in [0.5, 0.6) is 0 Å². The molecule has 2 aliphatic carbocycles. The molecule has 4 N–H and O–H groups in total. The van der Waals surface area contributed by atoms with Crippen molar-refractivity contribution in [2.75, 3.05) is 33.7 Å². The lowest BCUT2D eigenvalue weighted by Gasteiger charge is -2.27. The van der Waals surface area contributed by atoms with Gasteiger partial charge in [0, 0.05) is 103 Å². The van der Waals surface area contributed by atoms with Crippen molar-refractivity contribution in [3.8, 4) is 0 Å².